The lowest BCUT2D eigenvalue weighted by Gasteiger charge is -2.12. The highest BCUT2D eigenvalue weighted by Gasteiger charge is 2.39. The summed E-state index contributed by atoms with van der Waals surface area (Å²) in [6.45, 7) is -0.483. The van der Waals surface area contributed by atoms with Gasteiger partial charge in [-0.3, -0.25) is 0 Å². The van der Waals surface area contributed by atoms with Crippen molar-refractivity contribution >= 4 is 12.4 Å². The zero-order chi connectivity index (χ0) is 8.43. The fourth-order valence-electron chi connectivity index (χ4n) is 1.27. The summed E-state index contributed by atoms with van der Waals surface area (Å²) in [6.07, 6.45) is -1.98. The zero-order valence-corrected chi connectivity index (χ0v) is 7.24. The van der Waals surface area contributed by atoms with E-state index in [2.05, 4.69) is 5.32 Å². The molecule has 1 heterocycles. The normalized spacial score (nSPS) is 41.0. The van der Waals surface area contributed by atoms with Crippen LogP contribution in [0.5, 0.6) is 0 Å². The van der Waals surface area contributed by atoms with Gasteiger partial charge in [-0.05, 0) is 0 Å². The van der Waals surface area contributed by atoms with Crippen molar-refractivity contribution in [2.45, 2.75) is 24.3 Å². The van der Waals surface area contributed by atoms with Gasteiger partial charge in [0.05, 0.1) is 37.5 Å². The largest absolute Gasteiger partial charge is 0.395 e. The third kappa shape index (κ3) is 2.07. The minimum Gasteiger partial charge on any atom is -0.395 e. The van der Waals surface area contributed by atoms with Crippen LogP contribution in [0.1, 0.15) is 0 Å². The Kier molecular flexibility index (Phi) is 5.00. The number of hydrogen-bond acceptors (Lipinski definition) is 5. The lowest BCUT2D eigenvalue weighted by Crippen LogP contribution is -2.37. The van der Waals surface area contributed by atoms with E-state index >= 15 is 0 Å². The predicted octanol–water partition coefficient (Wildman–Crippen LogP) is -2.54. The summed E-state index contributed by atoms with van der Waals surface area (Å²) in [5.74, 6) is 0. The molecule has 1 aliphatic heterocycles. The Bertz CT molecular complexity index is 119. The van der Waals surface area contributed by atoms with Crippen molar-refractivity contribution in [3.05, 3.63) is 0 Å². The van der Waals surface area contributed by atoms with Crippen molar-refractivity contribution < 1.29 is 20.4 Å². The van der Waals surface area contributed by atoms with Crippen molar-refractivity contribution in [2.75, 3.05) is 13.2 Å². The van der Waals surface area contributed by atoms with Crippen molar-refractivity contribution in [1.82, 2.24) is 5.32 Å². The van der Waals surface area contributed by atoms with E-state index < -0.39 is 24.3 Å². The van der Waals surface area contributed by atoms with Gasteiger partial charge < -0.3 is 25.7 Å². The standard InChI is InChI=1S/C6H13NO4.ClH/c8-1-3-5(10)6(11)4(2-9)7-3;/h3-11H,1-2H2;1H/t3-,4-,5-,6-;/m1./s1. The highest BCUT2D eigenvalue weighted by molar-refractivity contribution is 5.85. The first-order chi connectivity index (χ1) is 5.20. The Hall–Kier alpha value is 0.0900. The molecule has 12 heavy (non-hydrogen) atoms. The van der Waals surface area contributed by atoms with E-state index in [9.17, 15) is 10.2 Å². The average Bonchev–Trinajstić information content (AvgIpc) is 2.30. The molecule has 0 saturated carbocycles. The molecule has 0 radical (unpaired) electrons. The third-order valence-corrected chi connectivity index (χ3v) is 2.00. The smallest absolute Gasteiger partial charge is 0.0990 e. The second-order valence-corrected chi connectivity index (χ2v) is 2.73. The monoisotopic (exact) mass is 199 g/mol. The molecule has 6 heteroatoms. The third-order valence-electron chi connectivity index (χ3n) is 2.00. The zero-order valence-electron chi connectivity index (χ0n) is 6.42. The van der Waals surface area contributed by atoms with E-state index in [0.29, 0.717) is 0 Å². The second-order valence-electron chi connectivity index (χ2n) is 2.73. The van der Waals surface area contributed by atoms with Crippen LogP contribution >= 0.6 is 12.4 Å². The van der Waals surface area contributed by atoms with Gasteiger partial charge in [0.25, 0.3) is 0 Å². The first kappa shape index (κ1) is 12.1. The Balaban J connectivity index is 0.00000121. The lowest BCUT2D eigenvalue weighted by atomic mass is 10.1. The number of aliphatic hydroxyl groups is 4. The number of nitrogens with one attached hydrogen (secondary N) is 1. The molecule has 0 spiro atoms. The van der Waals surface area contributed by atoms with Crippen LogP contribution in [0.25, 0.3) is 0 Å². The molecule has 0 amide bonds. The highest BCUT2D eigenvalue weighted by Crippen LogP contribution is 2.13. The van der Waals surface area contributed by atoms with Crippen LogP contribution in [0.2, 0.25) is 0 Å². The van der Waals surface area contributed by atoms with Crippen molar-refractivity contribution in [3.8, 4) is 0 Å². The summed E-state index contributed by atoms with van der Waals surface area (Å²) in [4.78, 5) is 0. The fourth-order valence-corrected chi connectivity index (χ4v) is 1.27. The summed E-state index contributed by atoms with van der Waals surface area (Å²) in [7, 11) is 0. The molecule has 1 aliphatic rings. The molecule has 1 rings (SSSR count). The van der Waals surface area contributed by atoms with Crippen molar-refractivity contribution in [1.29, 1.82) is 0 Å². The van der Waals surface area contributed by atoms with Gasteiger partial charge in [0.1, 0.15) is 0 Å². The van der Waals surface area contributed by atoms with Gasteiger partial charge in [-0.25, -0.2) is 0 Å². The van der Waals surface area contributed by atoms with E-state index in [0.717, 1.165) is 0 Å². The van der Waals surface area contributed by atoms with Gasteiger partial charge in [-0.1, -0.05) is 0 Å². The minimum atomic E-state index is -0.989. The number of hydrogen-bond donors (Lipinski definition) is 5. The van der Waals surface area contributed by atoms with Gasteiger partial charge >= 0.3 is 0 Å². The summed E-state index contributed by atoms with van der Waals surface area (Å²) in [5.41, 5.74) is 0. The molecule has 0 aromatic heterocycles. The summed E-state index contributed by atoms with van der Waals surface area (Å²) >= 11 is 0. The van der Waals surface area contributed by atoms with Crippen LogP contribution in [-0.4, -0.2) is 57.9 Å². The Labute approximate surface area is 76.4 Å². The summed E-state index contributed by atoms with van der Waals surface area (Å²) in [6, 6.07) is -1.05. The van der Waals surface area contributed by atoms with Crippen molar-refractivity contribution in [2.24, 2.45) is 0 Å². The van der Waals surface area contributed by atoms with Gasteiger partial charge in [0, 0.05) is 0 Å². The first-order valence-corrected chi connectivity index (χ1v) is 3.54. The van der Waals surface area contributed by atoms with Crippen LogP contribution < -0.4 is 5.32 Å². The molecule has 0 bridgehead atoms. The first-order valence-electron chi connectivity index (χ1n) is 3.54. The SMILES string of the molecule is Cl.OC[C@H]1N[C@H](CO)[C@@H](O)[C@@H]1O. The molecule has 74 valence electrons. The van der Waals surface area contributed by atoms with Crippen LogP contribution in [0.3, 0.4) is 0 Å². The van der Waals surface area contributed by atoms with Gasteiger partial charge in [-0.2, -0.15) is 0 Å². The molecular formula is C6H14ClNO4. The van der Waals surface area contributed by atoms with E-state index in [1.54, 1.807) is 0 Å². The Morgan fingerprint density at radius 2 is 1.25 bits per heavy atom. The Morgan fingerprint density at radius 1 is 0.917 bits per heavy atom. The molecule has 1 saturated heterocycles. The molecule has 4 atom stereocenters. The average molecular weight is 200 g/mol. The van der Waals surface area contributed by atoms with Gasteiger partial charge in [0.15, 0.2) is 0 Å². The number of halogens is 1. The van der Waals surface area contributed by atoms with E-state index in [4.69, 9.17) is 10.2 Å². The predicted molar refractivity (Wildman–Crippen MR) is 44.1 cm³/mol. The molecule has 0 aromatic rings. The van der Waals surface area contributed by atoms with Crippen LogP contribution in [0.15, 0.2) is 0 Å². The number of aliphatic hydroxyl groups excluding tert-OH is 4. The lowest BCUT2D eigenvalue weighted by molar-refractivity contribution is 0.0130. The fraction of sp³-hybridized carbons (Fsp3) is 1.00. The maximum Gasteiger partial charge on any atom is 0.0990 e. The van der Waals surface area contributed by atoms with Crippen molar-refractivity contribution in [3.63, 3.8) is 0 Å². The Morgan fingerprint density at radius 3 is 1.42 bits per heavy atom. The van der Waals surface area contributed by atoms with Gasteiger partial charge in [0.2, 0.25) is 0 Å². The topological polar surface area (TPSA) is 93.0 Å². The molecule has 0 aromatic carbocycles. The summed E-state index contributed by atoms with van der Waals surface area (Å²) < 4.78 is 0. The summed E-state index contributed by atoms with van der Waals surface area (Å²) in [5, 5.41) is 38.3. The molecule has 0 aliphatic carbocycles. The molecule has 5 N–H and O–H groups in total. The van der Waals surface area contributed by atoms with Crippen LogP contribution in [-0.2, 0) is 0 Å². The number of rotatable bonds is 2. The van der Waals surface area contributed by atoms with Crippen LogP contribution in [0.4, 0.5) is 0 Å². The maximum absolute atomic E-state index is 9.18. The van der Waals surface area contributed by atoms with E-state index in [1.807, 2.05) is 0 Å². The molecular weight excluding hydrogens is 186 g/mol. The van der Waals surface area contributed by atoms with E-state index in [1.165, 1.54) is 0 Å². The maximum atomic E-state index is 9.18. The molecule has 5 nitrogen and oxygen atoms in total. The molecule has 0 unspecified atom stereocenters. The second kappa shape index (κ2) is 4.96. The van der Waals surface area contributed by atoms with E-state index in [-0.39, 0.29) is 25.6 Å². The minimum absolute atomic E-state index is 0. The quantitative estimate of drug-likeness (QED) is 0.338. The molecule has 1 fully saturated rings. The van der Waals surface area contributed by atoms with Gasteiger partial charge in [-0.15, -0.1) is 12.4 Å². The van der Waals surface area contributed by atoms with Crippen LogP contribution in [0, 0.1) is 0 Å². The highest BCUT2D eigenvalue weighted by atomic mass is 35.5.